The van der Waals surface area contributed by atoms with Crippen molar-refractivity contribution in [1.29, 1.82) is 0 Å². The fourth-order valence-corrected chi connectivity index (χ4v) is 2.05. The molecule has 0 aliphatic heterocycles. The van der Waals surface area contributed by atoms with E-state index in [0.29, 0.717) is 17.9 Å². The van der Waals surface area contributed by atoms with Crippen molar-refractivity contribution in [3.8, 4) is 0 Å². The fraction of sp³-hybridized carbons (Fsp3) is 0.917. The first-order chi connectivity index (χ1) is 7.09. The molecule has 1 fully saturated rings. The highest BCUT2D eigenvalue weighted by Crippen LogP contribution is 2.17. The van der Waals surface area contributed by atoms with Gasteiger partial charge in [-0.05, 0) is 36.9 Å². The van der Waals surface area contributed by atoms with E-state index in [9.17, 15) is 0 Å². The van der Waals surface area contributed by atoms with Crippen molar-refractivity contribution in [1.82, 2.24) is 10.6 Å². The largest absolute Gasteiger partial charge is 0.362 e. The van der Waals surface area contributed by atoms with Crippen LogP contribution in [0.25, 0.3) is 0 Å². The molecule has 0 aromatic rings. The normalized spacial score (nSPS) is 19.2. The Bertz CT molecular complexity index is 198. The van der Waals surface area contributed by atoms with E-state index in [2.05, 4.69) is 31.4 Å². The highest BCUT2D eigenvalue weighted by molar-refractivity contribution is 7.80. The van der Waals surface area contributed by atoms with Gasteiger partial charge in [-0.15, -0.1) is 0 Å². The van der Waals surface area contributed by atoms with Gasteiger partial charge in [0.2, 0.25) is 0 Å². The van der Waals surface area contributed by atoms with Crippen molar-refractivity contribution in [2.45, 2.75) is 52.5 Å². The third kappa shape index (κ3) is 4.83. The zero-order chi connectivity index (χ0) is 11.3. The molecule has 0 amide bonds. The van der Waals surface area contributed by atoms with Crippen molar-refractivity contribution in [3.63, 3.8) is 0 Å². The highest BCUT2D eigenvalue weighted by atomic mass is 32.1. The highest BCUT2D eigenvalue weighted by Gasteiger charge is 2.15. The van der Waals surface area contributed by atoms with E-state index in [-0.39, 0.29) is 0 Å². The standard InChI is InChI=1S/C12H24N2S/c1-9(2)10(3)8-13-12(15)14-11-6-4-5-7-11/h9-11H,4-8H2,1-3H3,(H2,13,14,15). The summed E-state index contributed by atoms with van der Waals surface area (Å²) in [4.78, 5) is 0. The van der Waals surface area contributed by atoms with Crippen LogP contribution < -0.4 is 10.6 Å². The maximum atomic E-state index is 5.27. The Labute approximate surface area is 99.2 Å². The third-order valence-corrected chi connectivity index (χ3v) is 3.68. The quantitative estimate of drug-likeness (QED) is 0.724. The molecule has 0 bridgehead atoms. The van der Waals surface area contributed by atoms with E-state index in [1.807, 2.05) is 0 Å². The Morgan fingerprint density at radius 1 is 1.27 bits per heavy atom. The molecule has 1 atom stereocenters. The van der Waals surface area contributed by atoms with Gasteiger partial charge in [0, 0.05) is 12.6 Å². The van der Waals surface area contributed by atoms with Gasteiger partial charge in [-0.1, -0.05) is 33.6 Å². The first kappa shape index (κ1) is 12.8. The Morgan fingerprint density at radius 2 is 1.87 bits per heavy atom. The van der Waals surface area contributed by atoms with Crippen LogP contribution in [-0.4, -0.2) is 17.7 Å². The Morgan fingerprint density at radius 3 is 2.40 bits per heavy atom. The van der Waals surface area contributed by atoms with Crippen LogP contribution in [0.5, 0.6) is 0 Å². The molecule has 0 spiro atoms. The van der Waals surface area contributed by atoms with Gasteiger partial charge in [-0.2, -0.15) is 0 Å². The monoisotopic (exact) mass is 228 g/mol. The minimum Gasteiger partial charge on any atom is -0.362 e. The molecule has 3 heteroatoms. The predicted octanol–water partition coefficient (Wildman–Crippen LogP) is 2.69. The van der Waals surface area contributed by atoms with Crippen molar-refractivity contribution in [2.75, 3.05) is 6.54 Å². The number of hydrogen-bond acceptors (Lipinski definition) is 1. The van der Waals surface area contributed by atoms with Gasteiger partial charge in [0.05, 0.1) is 0 Å². The Kier molecular flexibility index (Phi) is 5.37. The Hall–Kier alpha value is -0.310. The fourth-order valence-electron chi connectivity index (χ4n) is 1.80. The number of nitrogens with one attached hydrogen (secondary N) is 2. The van der Waals surface area contributed by atoms with E-state index in [0.717, 1.165) is 11.7 Å². The second-order valence-electron chi connectivity index (χ2n) is 5.06. The summed E-state index contributed by atoms with van der Waals surface area (Å²) in [6.07, 6.45) is 5.26. The van der Waals surface area contributed by atoms with Gasteiger partial charge >= 0.3 is 0 Å². The molecular formula is C12H24N2S. The first-order valence-corrected chi connectivity index (χ1v) is 6.54. The van der Waals surface area contributed by atoms with Crippen LogP contribution >= 0.6 is 12.2 Å². The molecule has 2 N–H and O–H groups in total. The van der Waals surface area contributed by atoms with Crippen molar-refractivity contribution < 1.29 is 0 Å². The molecule has 15 heavy (non-hydrogen) atoms. The minimum absolute atomic E-state index is 0.624. The lowest BCUT2D eigenvalue weighted by atomic mass is 9.98. The van der Waals surface area contributed by atoms with Gasteiger partial charge in [0.1, 0.15) is 0 Å². The summed E-state index contributed by atoms with van der Waals surface area (Å²) < 4.78 is 0. The summed E-state index contributed by atoms with van der Waals surface area (Å²) >= 11 is 5.27. The average Bonchev–Trinajstić information content (AvgIpc) is 2.66. The van der Waals surface area contributed by atoms with Crippen molar-refractivity contribution in [2.24, 2.45) is 11.8 Å². The summed E-state index contributed by atoms with van der Waals surface area (Å²) in [6, 6.07) is 0.624. The van der Waals surface area contributed by atoms with Crippen LogP contribution in [0, 0.1) is 11.8 Å². The Balaban J connectivity index is 2.12. The van der Waals surface area contributed by atoms with Gasteiger partial charge in [-0.3, -0.25) is 0 Å². The second-order valence-corrected chi connectivity index (χ2v) is 5.47. The topological polar surface area (TPSA) is 24.1 Å². The molecule has 1 rings (SSSR count). The van der Waals surface area contributed by atoms with Gasteiger partial charge in [0.25, 0.3) is 0 Å². The summed E-state index contributed by atoms with van der Waals surface area (Å²) in [5.41, 5.74) is 0. The van der Waals surface area contributed by atoms with Crippen LogP contribution in [0.3, 0.4) is 0 Å². The molecule has 0 radical (unpaired) electrons. The third-order valence-electron chi connectivity index (χ3n) is 3.41. The zero-order valence-corrected chi connectivity index (χ0v) is 11.0. The van der Waals surface area contributed by atoms with Crippen LogP contribution in [0.4, 0.5) is 0 Å². The molecule has 1 saturated carbocycles. The molecule has 0 heterocycles. The molecule has 0 saturated heterocycles. The van der Waals surface area contributed by atoms with Crippen molar-refractivity contribution >= 4 is 17.3 Å². The number of thiocarbonyl (C=S) groups is 1. The van der Waals surface area contributed by atoms with Crippen LogP contribution in [0.1, 0.15) is 46.5 Å². The SMILES string of the molecule is CC(C)C(C)CNC(=S)NC1CCCC1. The van der Waals surface area contributed by atoms with E-state index < -0.39 is 0 Å². The van der Waals surface area contributed by atoms with Gasteiger partial charge < -0.3 is 10.6 Å². The maximum Gasteiger partial charge on any atom is 0.166 e. The molecule has 1 aliphatic rings. The lowest BCUT2D eigenvalue weighted by Gasteiger charge is -2.20. The first-order valence-electron chi connectivity index (χ1n) is 6.14. The molecular weight excluding hydrogens is 204 g/mol. The average molecular weight is 228 g/mol. The van der Waals surface area contributed by atoms with E-state index in [1.54, 1.807) is 0 Å². The summed E-state index contributed by atoms with van der Waals surface area (Å²) in [7, 11) is 0. The molecule has 2 nitrogen and oxygen atoms in total. The van der Waals surface area contributed by atoms with Gasteiger partial charge in [0.15, 0.2) is 5.11 Å². The lowest BCUT2D eigenvalue weighted by Crippen LogP contribution is -2.42. The molecule has 0 aromatic heterocycles. The predicted molar refractivity (Wildman–Crippen MR) is 70.0 cm³/mol. The van der Waals surface area contributed by atoms with Crippen LogP contribution in [0.2, 0.25) is 0 Å². The van der Waals surface area contributed by atoms with Crippen molar-refractivity contribution in [3.05, 3.63) is 0 Å². The second kappa shape index (κ2) is 6.31. The zero-order valence-electron chi connectivity index (χ0n) is 10.2. The van der Waals surface area contributed by atoms with E-state index in [4.69, 9.17) is 12.2 Å². The lowest BCUT2D eigenvalue weighted by molar-refractivity contribution is 0.413. The van der Waals surface area contributed by atoms with E-state index >= 15 is 0 Å². The summed E-state index contributed by atoms with van der Waals surface area (Å²) in [5.74, 6) is 1.39. The molecule has 88 valence electrons. The van der Waals surface area contributed by atoms with Gasteiger partial charge in [-0.25, -0.2) is 0 Å². The summed E-state index contributed by atoms with van der Waals surface area (Å²) in [5, 5.41) is 7.55. The maximum absolute atomic E-state index is 5.27. The smallest absolute Gasteiger partial charge is 0.166 e. The van der Waals surface area contributed by atoms with Crippen LogP contribution in [0.15, 0.2) is 0 Å². The number of hydrogen-bond donors (Lipinski definition) is 2. The molecule has 1 unspecified atom stereocenters. The molecule has 1 aliphatic carbocycles. The van der Waals surface area contributed by atoms with Crippen LogP contribution in [-0.2, 0) is 0 Å². The van der Waals surface area contributed by atoms with E-state index in [1.165, 1.54) is 25.7 Å². The summed E-state index contributed by atoms with van der Waals surface area (Å²) in [6.45, 7) is 7.74. The number of rotatable bonds is 4. The minimum atomic E-state index is 0.624. The molecule has 0 aromatic carbocycles.